The molecule has 1 aromatic carbocycles. The largest absolute Gasteiger partial charge is 0.330 e. The van der Waals surface area contributed by atoms with Crippen LogP contribution in [0.25, 0.3) is 0 Å². The van der Waals surface area contributed by atoms with Crippen LogP contribution < -0.4 is 10.5 Å². The van der Waals surface area contributed by atoms with Gasteiger partial charge in [0.2, 0.25) is 10.0 Å². The first-order valence-corrected chi connectivity index (χ1v) is 6.73. The highest BCUT2D eigenvalue weighted by molar-refractivity contribution is 7.89. The van der Waals surface area contributed by atoms with Crippen molar-refractivity contribution >= 4 is 10.0 Å². The van der Waals surface area contributed by atoms with Crippen molar-refractivity contribution in [2.24, 2.45) is 11.7 Å². The van der Waals surface area contributed by atoms with Gasteiger partial charge in [-0.1, -0.05) is 25.1 Å². The summed E-state index contributed by atoms with van der Waals surface area (Å²) in [6.07, 6.45) is 0. The normalized spacial score (nSPS) is 15.7. The van der Waals surface area contributed by atoms with Crippen LogP contribution in [0, 0.1) is 5.92 Å². The van der Waals surface area contributed by atoms with E-state index in [1.165, 1.54) is 0 Å². The topological polar surface area (TPSA) is 72.2 Å². The summed E-state index contributed by atoms with van der Waals surface area (Å²) in [5.74, 6) is 0.110. The maximum atomic E-state index is 11.9. The minimum atomic E-state index is -3.42. The molecule has 0 radical (unpaired) electrons. The third-order valence-corrected chi connectivity index (χ3v) is 4.19. The van der Waals surface area contributed by atoms with Gasteiger partial charge in [-0.25, -0.2) is 13.1 Å². The predicted molar refractivity (Wildman–Crippen MR) is 64.4 cm³/mol. The quantitative estimate of drug-likeness (QED) is 0.807. The molecule has 0 aliphatic heterocycles. The van der Waals surface area contributed by atoms with E-state index in [9.17, 15) is 8.42 Å². The van der Waals surface area contributed by atoms with Gasteiger partial charge in [0.25, 0.3) is 0 Å². The van der Waals surface area contributed by atoms with Gasteiger partial charge in [0.1, 0.15) is 0 Å². The molecule has 5 heteroatoms. The molecule has 2 atom stereocenters. The van der Waals surface area contributed by atoms with Crippen LogP contribution in [0.3, 0.4) is 0 Å². The highest BCUT2D eigenvalue weighted by atomic mass is 32.2. The van der Waals surface area contributed by atoms with E-state index in [1.807, 2.05) is 13.8 Å². The van der Waals surface area contributed by atoms with Crippen molar-refractivity contribution in [2.75, 3.05) is 6.54 Å². The lowest BCUT2D eigenvalue weighted by Crippen LogP contribution is -2.39. The average Bonchev–Trinajstić information content (AvgIpc) is 2.28. The molecule has 0 saturated heterocycles. The fraction of sp³-hybridized carbons (Fsp3) is 0.455. The summed E-state index contributed by atoms with van der Waals surface area (Å²) in [5, 5.41) is 0. The van der Waals surface area contributed by atoms with Crippen molar-refractivity contribution < 1.29 is 8.42 Å². The summed E-state index contributed by atoms with van der Waals surface area (Å²) < 4.78 is 26.4. The van der Waals surface area contributed by atoms with Crippen LogP contribution in [0.4, 0.5) is 0 Å². The number of rotatable bonds is 5. The van der Waals surface area contributed by atoms with Gasteiger partial charge in [-0.15, -0.1) is 0 Å². The molecule has 3 N–H and O–H groups in total. The Balaban J connectivity index is 2.81. The molecule has 0 fully saturated rings. The second-order valence-electron chi connectivity index (χ2n) is 3.94. The molecule has 2 unspecified atom stereocenters. The molecular formula is C11H18N2O2S. The molecule has 90 valence electrons. The Morgan fingerprint density at radius 3 is 2.31 bits per heavy atom. The van der Waals surface area contributed by atoms with Crippen LogP contribution in [0.2, 0.25) is 0 Å². The van der Waals surface area contributed by atoms with E-state index in [0.717, 1.165) is 0 Å². The molecule has 0 aromatic heterocycles. The molecule has 0 bridgehead atoms. The van der Waals surface area contributed by atoms with Gasteiger partial charge in [0.05, 0.1) is 4.90 Å². The summed E-state index contributed by atoms with van der Waals surface area (Å²) >= 11 is 0. The third-order valence-electron chi connectivity index (χ3n) is 2.62. The Morgan fingerprint density at radius 1 is 1.25 bits per heavy atom. The monoisotopic (exact) mass is 242 g/mol. The van der Waals surface area contributed by atoms with Crippen molar-refractivity contribution in [3.8, 4) is 0 Å². The van der Waals surface area contributed by atoms with E-state index in [4.69, 9.17) is 5.73 Å². The van der Waals surface area contributed by atoms with E-state index < -0.39 is 10.0 Å². The van der Waals surface area contributed by atoms with Gasteiger partial charge in [-0.2, -0.15) is 0 Å². The summed E-state index contributed by atoms with van der Waals surface area (Å²) in [6.45, 7) is 4.19. The molecular weight excluding hydrogens is 224 g/mol. The SMILES string of the molecule is CC(CN)C(C)NS(=O)(=O)c1ccccc1. The third kappa shape index (κ3) is 3.30. The number of nitrogens with one attached hydrogen (secondary N) is 1. The highest BCUT2D eigenvalue weighted by Gasteiger charge is 2.19. The second-order valence-corrected chi connectivity index (χ2v) is 5.65. The van der Waals surface area contributed by atoms with Crippen molar-refractivity contribution in [3.05, 3.63) is 30.3 Å². The zero-order valence-electron chi connectivity index (χ0n) is 9.55. The van der Waals surface area contributed by atoms with E-state index >= 15 is 0 Å². The Hall–Kier alpha value is -0.910. The summed E-state index contributed by atoms with van der Waals surface area (Å²) in [5.41, 5.74) is 5.50. The molecule has 1 aromatic rings. The van der Waals surface area contributed by atoms with Crippen LogP contribution >= 0.6 is 0 Å². The predicted octanol–water partition coefficient (Wildman–Crippen LogP) is 0.948. The van der Waals surface area contributed by atoms with E-state index in [2.05, 4.69) is 4.72 Å². The maximum Gasteiger partial charge on any atom is 0.240 e. The van der Waals surface area contributed by atoms with Gasteiger partial charge >= 0.3 is 0 Å². The lowest BCUT2D eigenvalue weighted by molar-refractivity contribution is 0.453. The fourth-order valence-electron chi connectivity index (χ4n) is 1.23. The Morgan fingerprint density at radius 2 is 1.81 bits per heavy atom. The first-order valence-electron chi connectivity index (χ1n) is 5.25. The van der Waals surface area contributed by atoms with E-state index in [-0.39, 0.29) is 16.9 Å². The summed E-state index contributed by atoms with van der Waals surface area (Å²) in [7, 11) is -3.42. The van der Waals surface area contributed by atoms with Gasteiger partial charge in [-0.3, -0.25) is 0 Å². The van der Waals surface area contributed by atoms with Crippen LogP contribution in [-0.2, 0) is 10.0 Å². The molecule has 0 spiro atoms. The number of hydrogen-bond acceptors (Lipinski definition) is 3. The summed E-state index contributed by atoms with van der Waals surface area (Å²) in [4.78, 5) is 0.283. The molecule has 1 rings (SSSR count). The molecule has 0 amide bonds. The Kier molecular flexibility index (Phi) is 4.46. The highest BCUT2D eigenvalue weighted by Crippen LogP contribution is 2.10. The number of sulfonamides is 1. The molecule has 0 aliphatic rings. The molecule has 16 heavy (non-hydrogen) atoms. The Labute approximate surface area is 96.9 Å². The summed E-state index contributed by atoms with van der Waals surface area (Å²) in [6, 6.07) is 8.15. The fourth-order valence-corrected chi connectivity index (χ4v) is 2.61. The van der Waals surface area contributed by atoms with Crippen LogP contribution in [0.1, 0.15) is 13.8 Å². The zero-order chi connectivity index (χ0) is 12.2. The van der Waals surface area contributed by atoms with Crippen LogP contribution in [-0.4, -0.2) is 21.0 Å². The maximum absolute atomic E-state index is 11.9. The molecule has 4 nitrogen and oxygen atoms in total. The van der Waals surface area contributed by atoms with Gasteiger partial charge in [0, 0.05) is 6.04 Å². The average molecular weight is 242 g/mol. The van der Waals surface area contributed by atoms with E-state index in [1.54, 1.807) is 30.3 Å². The number of benzene rings is 1. The first kappa shape index (κ1) is 13.2. The minimum Gasteiger partial charge on any atom is -0.330 e. The molecule has 0 aliphatic carbocycles. The first-order chi connectivity index (χ1) is 7.47. The molecule has 0 heterocycles. The lowest BCUT2D eigenvalue weighted by Gasteiger charge is -2.19. The second kappa shape index (κ2) is 5.43. The minimum absolute atomic E-state index is 0.110. The van der Waals surface area contributed by atoms with Crippen LogP contribution in [0.15, 0.2) is 35.2 Å². The zero-order valence-corrected chi connectivity index (χ0v) is 10.4. The standard InChI is InChI=1S/C11H18N2O2S/c1-9(8-12)10(2)13-16(14,15)11-6-4-3-5-7-11/h3-7,9-10,13H,8,12H2,1-2H3. The smallest absolute Gasteiger partial charge is 0.240 e. The lowest BCUT2D eigenvalue weighted by atomic mass is 10.1. The van der Waals surface area contributed by atoms with Crippen molar-refractivity contribution in [2.45, 2.75) is 24.8 Å². The van der Waals surface area contributed by atoms with Crippen molar-refractivity contribution in [1.29, 1.82) is 0 Å². The van der Waals surface area contributed by atoms with Gasteiger partial charge < -0.3 is 5.73 Å². The van der Waals surface area contributed by atoms with Gasteiger partial charge in [0.15, 0.2) is 0 Å². The van der Waals surface area contributed by atoms with E-state index in [0.29, 0.717) is 6.54 Å². The number of nitrogens with two attached hydrogens (primary N) is 1. The molecule has 0 saturated carbocycles. The van der Waals surface area contributed by atoms with Crippen LogP contribution in [0.5, 0.6) is 0 Å². The van der Waals surface area contributed by atoms with Gasteiger partial charge in [-0.05, 0) is 31.5 Å². The van der Waals surface area contributed by atoms with Crippen molar-refractivity contribution in [3.63, 3.8) is 0 Å². The number of hydrogen-bond donors (Lipinski definition) is 2. The van der Waals surface area contributed by atoms with Crippen molar-refractivity contribution in [1.82, 2.24) is 4.72 Å². The Bertz CT molecular complexity index is 417.